The van der Waals surface area contributed by atoms with E-state index in [9.17, 15) is 4.79 Å². The molecule has 4 nitrogen and oxygen atoms in total. The minimum absolute atomic E-state index is 0.187. The van der Waals surface area contributed by atoms with Crippen molar-refractivity contribution < 1.29 is 4.79 Å². The van der Waals surface area contributed by atoms with Gasteiger partial charge in [0.1, 0.15) is 5.69 Å². The molecule has 0 radical (unpaired) electrons. The van der Waals surface area contributed by atoms with E-state index in [0.29, 0.717) is 5.69 Å². The van der Waals surface area contributed by atoms with E-state index in [1.807, 2.05) is 37.4 Å². The van der Waals surface area contributed by atoms with Gasteiger partial charge in [-0.05, 0) is 24.6 Å². The summed E-state index contributed by atoms with van der Waals surface area (Å²) in [6, 6.07) is 7.72. The van der Waals surface area contributed by atoms with Crippen LogP contribution < -0.4 is 5.32 Å². The van der Waals surface area contributed by atoms with Gasteiger partial charge in [0.15, 0.2) is 0 Å². The fraction of sp³-hybridized carbons (Fsp3) is 0.0714. The standard InChI is InChI=1S/C14H11N3OS2/c1-9-15-6-13(20-9)10-2-4-11(5-3-10)17-14(18)12-7-19-8-16-12/h2-8H,1H3,(H,17,18). The summed E-state index contributed by atoms with van der Waals surface area (Å²) in [5, 5.41) is 5.59. The van der Waals surface area contributed by atoms with Crippen LogP contribution in [0, 0.1) is 6.92 Å². The van der Waals surface area contributed by atoms with Gasteiger partial charge in [0.05, 0.1) is 15.4 Å². The number of benzene rings is 1. The van der Waals surface area contributed by atoms with Gasteiger partial charge in [-0.15, -0.1) is 22.7 Å². The van der Waals surface area contributed by atoms with Crippen molar-refractivity contribution in [3.63, 3.8) is 0 Å². The van der Waals surface area contributed by atoms with E-state index >= 15 is 0 Å². The Morgan fingerprint density at radius 1 is 1.20 bits per heavy atom. The van der Waals surface area contributed by atoms with E-state index in [0.717, 1.165) is 21.1 Å². The van der Waals surface area contributed by atoms with Gasteiger partial charge >= 0.3 is 0 Å². The van der Waals surface area contributed by atoms with Crippen LogP contribution in [0.5, 0.6) is 0 Å². The zero-order valence-corrected chi connectivity index (χ0v) is 12.3. The molecule has 3 rings (SSSR count). The lowest BCUT2D eigenvalue weighted by atomic mass is 10.2. The molecule has 0 spiro atoms. The van der Waals surface area contributed by atoms with E-state index in [1.165, 1.54) is 11.3 Å². The summed E-state index contributed by atoms with van der Waals surface area (Å²) in [5.41, 5.74) is 3.94. The number of nitrogens with one attached hydrogen (secondary N) is 1. The largest absolute Gasteiger partial charge is 0.321 e. The topological polar surface area (TPSA) is 54.9 Å². The molecule has 6 heteroatoms. The highest BCUT2D eigenvalue weighted by Crippen LogP contribution is 2.26. The first-order chi connectivity index (χ1) is 9.72. The molecule has 2 aromatic heterocycles. The minimum atomic E-state index is -0.187. The Balaban J connectivity index is 1.75. The van der Waals surface area contributed by atoms with E-state index < -0.39 is 0 Å². The molecular weight excluding hydrogens is 290 g/mol. The van der Waals surface area contributed by atoms with Crippen LogP contribution >= 0.6 is 22.7 Å². The molecule has 100 valence electrons. The molecule has 1 aromatic carbocycles. The molecule has 2 heterocycles. The number of anilines is 1. The van der Waals surface area contributed by atoms with Gasteiger partial charge in [-0.25, -0.2) is 9.97 Å². The Hall–Kier alpha value is -2.05. The lowest BCUT2D eigenvalue weighted by Gasteiger charge is -2.04. The molecule has 0 saturated heterocycles. The van der Waals surface area contributed by atoms with Crippen molar-refractivity contribution in [2.24, 2.45) is 0 Å². The first kappa shape index (κ1) is 13.0. The predicted molar refractivity (Wildman–Crippen MR) is 82.4 cm³/mol. The number of thiazole rings is 2. The van der Waals surface area contributed by atoms with E-state index in [2.05, 4.69) is 15.3 Å². The Morgan fingerprint density at radius 3 is 2.60 bits per heavy atom. The molecule has 0 saturated carbocycles. The Bertz CT molecular complexity index is 717. The number of hydrogen-bond donors (Lipinski definition) is 1. The van der Waals surface area contributed by atoms with Gasteiger partial charge in [-0.3, -0.25) is 4.79 Å². The quantitative estimate of drug-likeness (QED) is 0.800. The SMILES string of the molecule is Cc1ncc(-c2ccc(NC(=O)c3cscn3)cc2)s1. The summed E-state index contributed by atoms with van der Waals surface area (Å²) in [7, 11) is 0. The van der Waals surface area contributed by atoms with Gasteiger partial charge in [-0.1, -0.05) is 12.1 Å². The maximum Gasteiger partial charge on any atom is 0.275 e. The van der Waals surface area contributed by atoms with Crippen LogP contribution in [-0.4, -0.2) is 15.9 Å². The molecule has 0 aliphatic heterocycles. The maximum absolute atomic E-state index is 11.9. The highest BCUT2D eigenvalue weighted by Gasteiger charge is 2.08. The molecular formula is C14H11N3OS2. The molecule has 0 atom stereocenters. The molecule has 20 heavy (non-hydrogen) atoms. The van der Waals surface area contributed by atoms with Crippen molar-refractivity contribution in [3.8, 4) is 10.4 Å². The van der Waals surface area contributed by atoms with Crippen LogP contribution in [0.2, 0.25) is 0 Å². The Kier molecular flexibility index (Phi) is 3.58. The molecule has 3 aromatic rings. The monoisotopic (exact) mass is 301 g/mol. The minimum Gasteiger partial charge on any atom is -0.321 e. The summed E-state index contributed by atoms with van der Waals surface area (Å²) in [4.78, 5) is 21.2. The third-order valence-electron chi connectivity index (χ3n) is 2.71. The van der Waals surface area contributed by atoms with Crippen LogP contribution in [0.15, 0.2) is 41.4 Å². The summed E-state index contributed by atoms with van der Waals surface area (Å²) < 4.78 is 0. The highest BCUT2D eigenvalue weighted by molar-refractivity contribution is 7.15. The zero-order chi connectivity index (χ0) is 13.9. The van der Waals surface area contributed by atoms with Crippen molar-refractivity contribution in [2.75, 3.05) is 5.32 Å². The lowest BCUT2D eigenvalue weighted by molar-refractivity contribution is 0.102. The molecule has 0 aliphatic carbocycles. The smallest absolute Gasteiger partial charge is 0.275 e. The number of aryl methyl sites for hydroxylation is 1. The Labute approximate surface area is 124 Å². The maximum atomic E-state index is 11.9. The van der Waals surface area contributed by atoms with Crippen molar-refractivity contribution in [3.05, 3.63) is 52.1 Å². The summed E-state index contributed by atoms with van der Waals surface area (Å²) in [6.45, 7) is 1.98. The molecule has 0 aliphatic rings. The number of amides is 1. The Morgan fingerprint density at radius 2 is 2.00 bits per heavy atom. The van der Waals surface area contributed by atoms with E-state index in [-0.39, 0.29) is 5.91 Å². The molecule has 0 unspecified atom stereocenters. The van der Waals surface area contributed by atoms with Gasteiger partial charge in [0.2, 0.25) is 0 Å². The second-order valence-corrected chi connectivity index (χ2v) is 6.10. The van der Waals surface area contributed by atoms with E-state index in [1.54, 1.807) is 22.2 Å². The number of carbonyl (C=O) groups excluding carboxylic acids is 1. The fourth-order valence-corrected chi connectivity index (χ4v) is 3.05. The number of rotatable bonds is 3. The van der Waals surface area contributed by atoms with Crippen LogP contribution in [-0.2, 0) is 0 Å². The first-order valence-corrected chi connectivity index (χ1v) is 7.71. The zero-order valence-electron chi connectivity index (χ0n) is 10.7. The third-order valence-corrected chi connectivity index (χ3v) is 4.26. The number of hydrogen-bond acceptors (Lipinski definition) is 5. The second kappa shape index (κ2) is 5.52. The molecule has 0 bridgehead atoms. The summed E-state index contributed by atoms with van der Waals surface area (Å²) >= 11 is 3.05. The average Bonchev–Trinajstić information content (AvgIpc) is 3.10. The normalized spacial score (nSPS) is 10.4. The van der Waals surface area contributed by atoms with Gasteiger partial charge in [0, 0.05) is 17.3 Å². The summed E-state index contributed by atoms with van der Waals surface area (Å²) in [6.07, 6.45) is 1.86. The number of aromatic nitrogens is 2. The van der Waals surface area contributed by atoms with Crippen molar-refractivity contribution in [2.45, 2.75) is 6.92 Å². The predicted octanol–water partition coefficient (Wildman–Crippen LogP) is 3.83. The molecule has 1 N–H and O–H groups in total. The second-order valence-electron chi connectivity index (χ2n) is 4.15. The van der Waals surface area contributed by atoms with Crippen molar-refractivity contribution in [1.29, 1.82) is 0 Å². The number of nitrogens with zero attached hydrogens (tertiary/aromatic N) is 2. The van der Waals surface area contributed by atoms with Crippen LogP contribution in [0.4, 0.5) is 5.69 Å². The van der Waals surface area contributed by atoms with Crippen LogP contribution in [0.25, 0.3) is 10.4 Å². The third kappa shape index (κ3) is 2.76. The molecule has 0 fully saturated rings. The van der Waals surface area contributed by atoms with Gasteiger partial charge in [-0.2, -0.15) is 0 Å². The number of carbonyl (C=O) groups is 1. The summed E-state index contributed by atoms with van der Waals surface area (Å²) in [5.74, 6) is -0.187. The van der Waals surface area contributed by atoms with Crippen molar-refractivity contribution >= 4 is 34.3 Å². The lowest BCUT2D eigenvalue weighted by Crippen LogP contribution is -2.11. The highest BCUT2D eigenvalue weighted by atomic mass is 32.1. The van der Waals surface area contributed by atoms with Crippen LogP contribution in [0.1, 0.15) is 15.5 Å². The van der Waals surface area contributed by atoms with Gasteiger partial charge < -0.3 is 5.32 Å². The van der Waals surface area contributed by atoms with Crippen molar-refractivity contribution in [1.82, 2.24) is 9.97 Å². The molecule has 1 amide bonds. The van der Waals surface area contributed by atoms with Crippen LogP contribution in [0.3, 0.4) is 0 Å². The first-order valence-electron chi connectivity index (χ1n) is 5.95. The fourth-order valence-electron chi connectivity index (χ4n) is 1.73. The van der Waals surface area contributed by atoms with Gasteiger partial charge in [0.25, 0.3) is 5.91 Å². The average molecular weight is 301 g/mol. The van der Waals surface area contributed by atoms with E-state index in [4.69, 9.17) is 0 Å².